The number of nitrogens with zero attached hydrogens (tertiary/aromatic N) is 2. The van der Waals surface area contributed by atoms with E-state index in [0.29, 0.717) is 17.9 Å². The molecule has 0 saturated carbocycles. The van der Waals surface area contributed by atoms with E-state index in [1.165, 1.54) is 13.1 Å². The highest BCUT2D eigenvalue weighted by Gasteiger charge is 2.35. The number of alkyl halides is 3. The van der Waals surface area contributed by atoms with Crippen LogP contribution in [0, 0.1) is 0 Å². The highest BCUT2D eigenvalue weighted by Crippen LogP contribution is 2.39. The van der Waals surface area contributed by atoms with Gasteiger partial charge in [-0.1, -0.05) is 6.58 Å². The van der Waals surface area contributed by atoms with Crippen molar-refractivity contribution < 1.29 is 18.3 Å². The third kappa shape index (κ3) is 5.02. The number of anilines is 2. The molecule has 0 radical (unpaired) electrons. The number of nitrogens with two attached hydrogens (primary N) is 2. The van der Waals surface area contributed by atoms with Crippen molar-refractivity contribution in [2.24, 2.45) is 16.5 Å². The minimum atomic E-state index is -4.43. The molecular formula is C16H24F3N5O. The van der Waals surface area contributed by atoms with Crippen LogP contribution in [-0.2, 0) is 6.18 Å². The molecule has 25 heavy (non-hydrogen) atoms. The number of guanidine groups is 1. The third-order valence-electron chi connectivity index (χ3n) is 3.82. The summed E-state index contributed by atoms with van der Waals surface area (Å²) in [6, 6.07) is 4.02. The molecule has 0 spiro atoms. The Bertz CT molecular complexity index is 627. The zero-order valence-electron chi connectivity index (χ0n) is 14.3. The van der Waals surface area contributed by atoms with E-state index in [0.717, 1.165) is 26.0 Å². The second kappa shape index (κ2) is 8.61. The van der Waals surface area contributed by atoms with Crippen LogP contribution < -0.4 is 21.7 Å². The predicted octanol–water partition coefficient (Wildman–Crippen LogP) is 2.11. The van der Waals surface area contributed by atoms with Crippen molar-refractivity contribution in [3.05, 3.63) is 36.0 Å². The lowest BCUT2D eigenvalue weighted by Crippen LogP contribution is -2.32. The molecule has 6 nitrogen and oxygen atoms in total. The Morgan fingerprint density at radius 2 is 2.00 bits per heavy atom. The fraction of sp³-hybridized carbons (Fsp3) is 0.438. The first kappa shape index (κ1) is 20.6. The molecule has 0 aliphatic carbocycles. The summed E-state index contributed by atoms with van der Waals surface area (Å²) in [7, 11) is 2.46. The second-order valence-electron chi connectivity index (χ2n) is 5.36. The Morgan fingerprint density at radius 1 is 1.36 bits per heavy atom. The molecule has 1 aromatic rings. The first-order chi connectivity index (χ1) is 11.7. The molecular weight excluding hydrogens is 335 g/mol. The molecule has 1 aliphatic heterocycles. The lowest BCUT2D eigenvalue weighted by molar-refractivity contribution is -0.136. The maximum Gasteiger partial charge on any atom is 0.418 e. The van der Waals surface area contributed by atoms with Crippen molar-refractivity contribution in [3.63, 3.8) is 0 Å². The van der Waals surface area contributed by atoms with Gasteiger partial charge in [-0.3, -0.25) is 0 Å². The molecule has 0 bridgehead atoms. The summed E-state index contributed by atoms with van der Waals surface area (Å²) in [5.74, 6) is -0.108. The van der Waals surface area contributed by atoms with Crippen molar-refractivity contribution in [1.29, 1.82) is 0 Å². The van der Waals surface area contributed by atoms with Gasteiger partial charge in [0.25, 0.3) is 0 Å². The molecule has 1 aromatic carbocycles. The molecule has 9 heteroatoms. The maximum absolute atomic E-state index is 13.2. The van der Waals surface area contributed by atoms with Crippen molar-refractivity contribution in [1.82, 2.24) is 0 Å². The van der Waals surface area contributed by atoms with Gasteiger partial charge in [-0.2, -0.15) is 13.2 Å². The van der Waals surface area contributed by atoms with Gasteiger partial charge in [-0.25, -0.2) is 4.99 Å². The number of aliphatic hydroxyl groups excluding tert-OH is 1. The van der Waals surface area contributed by atoms with Crippen molar-refractivity contribution in [3.8, 4) is 0 Å². The van der Waals surface area contributed by atoms with Crippen molar-refractivity contribution in [2.75, 3.05) is 30.9 Å². The molecule has 0 amide bonds. The summed E-state index contributed by atoms with van der Waals surface area (Å²) in [5.41, 5.74) is 11.0. The van der Waals surface area contributed by atoms with E-state index in [-0.39, 0.29) is 17.7 Å². The fourth-order valence-electron chi connectivity index (χ4n) is 2.83. The number of benzene rings is 1. The molecule has 1 atom stereocenters. The van der Waals surface area contributed by atoms with Gasteiger partial charge in [0.2, 0.25) is 0 Å². The number of nitrogens with one attached hydrogen (secondary N) is 1. The molecule has 2 rings (SSSR count). The topological polar surface area (TPSA) is 99.9 Å². The monoisotopic (exact) mass is 359 g/mol. The van der Waals surface area contributed by atoms with Gasteiger partial charge in [0.1, 0.15) is 0 Å². The average Bonchev–Trinajstić information content (AvgIpc) is 3.04. The quantitative estimate of drug-likeness (QED) is 0.487. The Balaban J connectivity index is 0.00000151. The van der Waals surface area contributed by atoms with Crippen LogP contribution in [0.15, 0.2) is 35.5 Å². The summed E-state index contributed by atoms with van der Waals surface area (Å²) in [6.45, 7) is 4.46. The number of aliphatic hydroxyl groups is 1. The molecule has 1 unspecified atom stereocenters. The zero-order chi connectivity index (χ0) is 19.2. The lowest BCUT2D eigenvalue weighted by Gasteiger charge is -2.28. The second-order valence-corrected chi connectivity index (χ2v) is 5.36. The van der Waals surface area contributed by atoms with E-state index >= 15 is 0 Å². The smallest absolute Gasteiger partial charge is 0.400 e. The van der Waals surface area contributed by atoms with E-state index in [2.05, 4.69) is 16.9 Å². The Kier molecular flexibility index (Phi) is 7.10. The van der Waals surface area contributed by atoms with Crippen LogP contribution in [0.3, 0.4) is 0 Å². The molecule has 1 heterocycles. The summed E-state index contributed by atoms with van der Waals surface area (Å²) >= 11 is 0. The molecule has 140 valence electrons. The van der Waals surface area contributed by atoms with Gasteiger partial charge < -0.3 is 26.8 Å². The summed E-state index contributed by atoms with van der Waals surface area (Å²) in [4.78, 5) is 5.79. The third-order valence-corrected chi connectivity index (χ3v) is 3.82. The summed E-state index contributed by atoms with van der Waals surface area (Å²) in [6.07, 6.45) is -2.86. The lowest BCUT2D eigenvalue weighted by atomic mass is 10.1. The molecule has 6 N–H and O–H groups in total. The van der Waals surface area contributed by atoms with Crippen LogP contribution in [0.1, 0.15) is 18.4 Å². The van der Waals surface area contributed by atoms with Crippen LogP contribution in [-0.4, -0.2) is 37.8 Å². The van der Waals surface area contributed by atoms with Crippen LogP contribution in [0.25, 0.3) is 0 Å². The standard InChI is InChI=1S/C15H20F3N5.CH4O/c1-9(22-14(19)20)13-4-3-7-23(13)10-5-6-12(21-2)11(8-10)15(16,17)18;1-2/h5-6,8,13,21H,1,3-4,7H2,2H3,(H4,19,20,22);2H,1H3. The van der Waals surface area contributed by atoms with Gasteiger partial charge >= 0.3 is 6.18 Å². The largest absolute Gasteiger partial charge is 0.418 e. The highest BCUT2D eigenvalue weighted by molar-refractivity contribution is 5.77. The first-order valence-electron chi connectivity index (χ1n) is 7.63. The van der Waals surface area contributed by atoms with Gasteiger partial charge in [0, 0.05) is 32.1 Å². The number of aliphatic imine (C=N–C) groups is 1. The van der Waals surface area contributed by atoms with Gasteiger partial charge in [-0.05, 0) is 31.0 Å². The summed E-state index contributed by atoms with van der Waals surface area (Å²) < 4.78 is 39.6. The van der Waals surface area contributed by atoms with Crippen molar-refractivity contribution >= 4 is 17.3 Å². The normalized spacial score (nSPS) is 16.7. The van der Waals surface area contributed by atoms with Crippen LogP contribution in [0.4, 0.5) is 24.5 Å². The van der Waals surface area contributed by atoms with E-state index < -0.39 is 11.7 Å². The zero-order valence-corrected chi connectivity index (χ0v) is 14.3. The van der Waals surface area contributed by atoms with Gasteiger partial charge in [0.15, 0.2) is 5.96 Å². The molecule has 1 fully saturated rings. The molecule has 1 saturated heterocycles. The van der Waals surface area contributed by atoms with E-state index in [4.69, 9.17) is 16.6 Å². The summed E-state index contributed by atoms with van der Waals surface area (Å²) in [5, 5.41) is 9.57. The van der Waals surface area contributed by atoms with Gasteiger partial charge in [0.05, 0.1) is 17.3 Å². The number of halogens is 3. The maximum atomic E-state index is 13.2. The van der Waals surface area contributed by atoms with Crippen LogP contribution >= 0.6 is 0 Å². The van der Waals surface area contributed by atoms with E-state index in [1.54, 1.807) is 6.07 Å². The first-order valence-corrected chi connectivity index (χ1v) is 7.63. The predicted molar refractivity (Wildman–Crippen MR) is 94.5 cm³/mol. The fourth-order valence-corrected chi connectivity index (χ4v) is 2.83. The van der Waals surface area contributed by atoms with Crippen molar-refractivity contribution in [2.45, 2.75) is 25.1 Å². The Morgan fingerprint density at radius 3 is 2.52 bits per heavy atom. The minimum Gasteiger partial charge on any atom is -0.400 e. The number of hydrogen-bond donors (Lipinski definition) is 4. The van der Waals surface area contributed by atoms with Gasteiger partial charge in [-0.15, -0.1) is 0 Å². The Labute approximate surface area is 145 Å². The minimum absolute atomic E-state index is 0.0417. The Hall–Kier alpha value is -2.42. The SMILES string of the molecule is C=C(N=C(N)N)C1CCCN1c1ccc(NC)c(C(F)(F)F)c1.CO. The number of rotatable bonds is 4. The van der Waals surface area contributed by atoms with Crippen LogP contribution in [0.2, 0.25) is 0 Å². The van der Waals surface area contributed by atoms with Crippen LogP contribution in [0.5, 0.6) is 0 Å². The van der Waals surface area contributed by atoms with E-state index in [1.807, 2.05) is 4.90 Å². The molecule has 1 aliphatic rings. The van der Waals surface area contributed by atoms with E-state index in [9.17, 15) is 13.2 Å². The highest BCUT2D eigenvalue weighted by atomic mass is 19.4. The molecule has 0 aromatic heterocycles. The number of hydrogen-bond acceptors (Lipinski definition) is 4. The average molecular weight is 359 g/mol.